The van der Waals surface area contributed by atoms with Gasteiger partial charge in [0.2, 0.25) is 0 Å². The number of rotatable bonds is 7. The number of hydrogen-bond acceptors (Lipinski definition) is 3. The first-order valence-corrected chi connectivity index (χ1v) is 8.55. The zero-order valence-corrected chi connectivity index (χ0v) is 15.1. The van der Waals surface area contributed by atoms with E-state index in [2.05, 4.69) is 11.6 Å². The molecule has 27 heavy (non-hydrogen) atoms. The zero-order valence-electron chi connectivity index (χ0n) is 15.1. The maximum atomic E-state index is 13.8. The van der Waals surface area contributed by atoms with Gasteiger partial charge in [0.05, 0.1) is 11.3 Å². The average Bonchev–Trinajstić information content (AvgIpc) is 3.38. The van der Waals surface area contributed by atoms with Crippen LogP contribution in [0.15, 0.2) is 30.4 Å². The number of carboxylic acids is 1. The Hall–Kier alpha value is -2.96. The van der Waals surface area contributed by atoms with Gasteiger partial charge in [0.1, 0.15) is 18.2 Å². The molecule has 1 heterocycles. The van der Waals surface area contributed by atoms with Crippen LogP contribution < -0.4 is 0 Å². The summed E-state index contributed by atoms with van der Waals surface area (Å²) in [5, 5.41) is 9.53. The smallest absolute Gasteiger partial charge is 0.354 e. The Morgan fingerprint density at radius 2 is 2.04 bits per heavy atom. The molecular weight excluding hydrogens is 354 g/mol. The van der Waals surface area contributed by atoms with Crippen LogP contribution in [0.1, 0.15) is 47.3 Å². The highest BCUT2D eigenvalue weighted by Gasteiger charge is 2.26. The van der Waals surface area contributed by atoms with Crippen LogP contribution in [0, 0.1) is 24.5 Å². The van der Waals surface area contributed by atoms with Crippen molar-refractivity contribution in [2.75, 3.05) is 0 Å². The van der Waals surface area contributed by atoms with E-state index in [1.54, 1.807) is 13.1 Å². The van der Waals surface area contributed by atoms with E-state index in [-0.39, 0.29) is 29.4 Å². The third-order valence-electron chi connectivity index (χ3n) is 4.54. The quantitative estimate of drug-likeness (QED) is 0.718. The Morgan fingerprint density at radius 3 is 2.59 bits per heavy atom. The molecule has 0 aliphatic heterocycles. The van der Waals surface area contributed by atoms with E-state index < -0.39 is 17.6 Å². The molecular formula is C20H20F2N2O3. The Balaban J connectivity index is 1.91. The lowest BCUT2D eigenvalue weighted by Crippen LogP contribution is -2.09. The lowest BCUT2D eigenvalue weighted by molar-refractivity contribution is 0.0687. The Bertz CT molecular complexity index is 923. The number of allylic oxidation sites excluding steroid dienone is 1. The molecule has 0 bridgehead atoms. The van der Waals surface area contributed by atoms with Crippen molar-refractivity contribution in [1.82, 2.24) is 9.55 Å². The van der Waals surface area contributed by atoms with Crippen LogP contribution in [0.5, 0.6) is 0 Å². The van der Waals surface area contributed by atoms with Gasteiger partial charge in [-0.2, -0.15) is 0 Å². The summed E-state index contributed by atoms with van der Waals surface area (Å²) in [6, 6.07) is 3.55. The first kappa shape index (κ1) is 18.8. The molecule has 0 amide bonds. The third kappa shape index (κ3) is 3.92. The van der Waals surface area contributed by atoms with Crippen LogP contribution in [-0.4, -0.2) is 20.6 Å². The van der Waals surface area contributed by atoms with E-state index in [0.29, 0.717) is 11.6 Å². The van der Waals surface area contributed by atoms with Crippen molar-refractivity contribution in [2.24, 2.45) is 5.92 Å². The molecule has 0 atom stereocenters. The minimum Gasteiger partial charge on any atom is -0.485 e. The molecule has 1 aromatic heterocycles. The third-order valence-corrected chi connectivity index (χ3v) is 4.54. The molecule has 1 fully saturated rings. The van der Waals surface area contributed by atoms with Gasteiger partial charge in [-0.05, 0) is 44.7 Å². The fourth-order valence-corrected chi connectivity index (χ4v) is 2.87. The Labute approximate surface area is 155 Å². The molecule has 0 radical (unpaired) electrons. The van der Waals surface area contributed by atoms with Crippen molar-refractivity contribution in [3.63, 3.8) is 0 Å². The lowest BCUT2D eigenvalue weighted by atomic mass is 10.2. The predicted molar refractivity (Wildman–Crippen MR) is 96.8 cm³/mol. The lowest BCUT2D eigenvalue weighted by Gasteiger charge is -2.12. The second kappa shape index (κ2) is 7.34. The maximum Gasteiger partial charge on any atom is 0.354 e. The number of aryl methyl sites for hydroxylation is 1. The van der Waals surface area contributed by atoms with Crippen LogP contribution in [0.4, 0.5) is 8.78 Å². The first-order chi connectivity index (χ1) is 12.8. The molecule has 5 nitrogen and oxygen atoms in total. The molecule has 142 valence electrons. The summed E-state index contributed by atoms with van der Waals surface area (Å²) in [4.78, 5) is 15.9. The summed E-state index contributed by atoms with van der Waals surface area (Å²) in [5.74, 6) is -1.91. The normalized spacial score (nSPS) is 14.3. The molecule has 1 saturated carbocycles. The molecule has 0 spiro atoms. The highest BCUT2D eigenvalue weighted by atomic mass is 19.1. The zero-order chi connectivity index (χ0) is 19.7. The average molecular weight is 374 g/mol. The van der Waals surface area contributed by atoms with Crippen molar-refractivity contribution in [3.05, 3.63) is 64.8 Å². The largest absolute Gasteiger partial charge is 0.485 e. The van der Waals surface area contributed by atoms with Crippen molar-refractivity contribution in [3.8, 4) is 0 Å². The fourth-order valence-electron chi connectivity index (χ4n) is 2.87. The van der Waals surface area contributed by atoms with Gasteiger partial charge in [0.25, 0.3) is 0 Å². The number of carbonyl (C=O) groups is 1. The molecule has 0 unspecified atom stereocenters. The molecule has 1 N–H and O–H groups in total. The number of aromatic carboxylic acids is 1. The van der Waals surface area contributed by atoms with Crippen molar-refractivity contribution in [2.45, 2.75) is 33.3 Å². The minimum absolute atomic E-state index is 0.00632. The highest BCUT2D eigenvalue weighted by molar-refractivity contribution is 5.89. The number of aromatic nitrogens is 2. The molecule has 1 aliphatic rings. The van der Waals surface area contributed by atoms with Gasteiger partial charge < -0.3 is 9.84 Å². The summed E-state index contributed by atoms with van der Waals surface area (Å²) < 4.78 is 34.4. The van der Waals surface area contributed by atoms with Gasteiger partial charge in [-0.3, -0.25) is 4.57 Å². The molecule has 1 aromatic carbocycles. The maximum absolute atomic E-state index is 13.8. The van der Waals surface area contributed by atoms with E-state index in [0.717, 1.165) is 30.5 Å². The van der Waals surface area contributed by atoms with Gasteiger partial charge in [0, 0.05) is 6.20 Å². The van der Waals surface area contributed by atoms with Gasteiger partial charge in [-0.1, -0.05) is 18.2 Å². The summed E-state index contributed by atoms with van der Waals surface area (Å²) >= 11 is 0. The number of halogens is 2. The van der Waals surface area contributed by atoms with E-state index >= 15 is 0 Å². The summed E-state index contributed by atoms with van der Waals surface area (Å²) in [5.41, 5.74) is 1.12. The summed E-state index contributed by atoms with van der Waals surface area (Å²) in [6.07, 6.45) is 3.85. The number of ether oxygens (including phenoxy) is 1. The number of carboxylic acid groups (broad SMARTS) is 1. The molecule has 0 saturated heterocycles. The Kier molecular flexibility index (Phi) is 5.12. The number of nitrogens with zero attached hydrogens (tertiary/aromatic N) is 2. The molecule has 1 aliphatic carbocycles. The first-order valence-electron chi connectivity index (χ1n) is 8.55. The number of benzene rings is 1. The fraction of sp³-hybridized carbons (Fsp3) is 0.300. The van der Waals surface area contributed by atoms with Crippen LogP contribution in [0.25, 0.3) is 12.0 Å². The van der Waals surface area contributed by atoms with Crippen LogP contribution in [0.2, 0.25) is 0 Å². The van der Waals surface area contributed by atoms with Crippen LogP contribution in [0.3, 0.4) is 0 Å². The predicted octanol–water partition coefficient (Wildman–Crippen LogP) is 4.63. The van der Waals surface area contributed by atoms with E-state index in [1.165, 1.54) is 10.6 Å². The standard InChI is InChI=1S/C20H20F2N2O3/c1-11(14-7-8-14)9-24-18(20(25)26)12(2)23-19(24)13(3)27-10-15-16(21)5-4-6-17(15)22/h4-6,9,14H,3,7-8,10H2,1-2H3,(H,25,26)/b11-9+. The van der Waals surface area contributed by atoms with Crippen LogP contribution in [-0.2, 0) is 11.3 Å². The Morgan fingerprint density at radius 1 is 1.41 bits per heavy atom. The van der Waals surface area contributed by atoms with E-state index in [9.17, 15) is 18.7 Å². The van der Waals surface area contributed by atoms with E-state index in [4.69, 9.17) is 4.74 Å². The van der Waals surface area contributed by atoms with Gasteiger partial charge in [-0.15, -0.1) is 0 Å². The van der Waals surface area contributed by atoms with Crippen molar-refractivity contribution in [1.29, 1.82) is 0 Å². The molecule has 3 rings (SSSR count). The highest BCUT2D eigenvalue weighted by Crippen LogP contribution is 2.37. The van der Waals surface area contributed by atoms with Gasteiger partial charge >= 0.3 is 5.97 Å². The van der Waals surface area contributed by atoms with E-state index in [1.807, 2.05) is 6.92 Å². The van der Waals surface area contributed by atoms with Crippen molar-refractivity contribution < 1.29 is 23.4 Å². The molecule has 7 heteroatoms. The SMILES string of the molecule is C=C(OCc1c(F)cccc1F)c1nc(C)c(C(=O)O)n1/C=C(\C)C1CC1. The summed E-state index contributed by atoms with van der Waals surface area (Å²) in [6.45, 7) is 6.90. The van der Waals surface area contributed by atoms with Gasteiger partial charge in [-0.25, -0.2) is 18.6 Å². The second-order valence-electron chi connectivity index (χ2n) is 6.60. The molecule has 2 aromatic rings. The number of hydrogen-bond donors (Lipinski definition) is 1. The number of imidazole rings is 1. The van der Waals surface area contributed by atoms with Gasteiger partial charge in [0.15, 0.2) is 17.3 Å². The van der Waals surface area contributed by atoms with Crippen molar-refractivity contribution >= 4 is 17.9 Å². The second-order valence-corrected chi connectivity index (χ2v) is 6.60. The summed E-state index contributed by atoms with van der Waals surface area (Å²) in [7, 11) is 0. The van der Waals surface area contributed by atoms with Crippen LogP contribution >= 0.6 is 0 Å². The topological polar surface area (TPSA) is 64.3 Å². The minimum atomic E-state index is -1.13. The monoisotopic (exact) mass is 374 g/mol.